The van der Waals surface area contributed by atoms with Gasteiger partial charge in [0.15, 0.2) is 0 Å². The quantitative estimate of drug-likeness (QED) is 0.918. The fourth-order valence-corrected chi connectivity index (χ4v) is 2.94. The van der Waals surface area contributed by atoms with E-state index in [1.54, 1.807) is 0 Å². The molecule has 3 heteroatoms. The second-order valence-electron chi connectivity index (χ2n) is 5.65. The Labute approximate surface area is 119 Å². The lowest BCUT2D eigenvalue weighted by atomic mass is 9.95. The molecule has 1 aliphatic rings. The summed E-state index contributed by atoms with van der Waals surface area (Å²) in [6, 6.07) is 10.4. The molecule has 1 saturated carbocycles. The Balaban J connectivity index is 1.51. The molecule has 0 bridgehead atoms. The maximum atomic E-state index is 11.9. The van der Waals surface area contributed by atoms with Gasteiger partial charge in [0.2, 0.25) is 5.91 Å². The SMILES string of the molecule is O=C(CCc1cc2ccccc2o1)NC1CCCCC1. The van der Waals surface area contributed by atoms with Crippen LogP contribution >= 0.6 is 0 Å². The summed E-state index contributed by atoms with van der Waals surface area (Å²) in [6.45, 7) is 0. The number of amides is 1. The number of hydrogen-bond donors (Lipinski definition) is 1. The Morgan fingerprint density at radius 2 is 2.00 bits per heavy atom. The average Bonchev–Trinajstić information content (AvgIpc) is 2.89. The van der Waals surface area contributed by atoms with E-state index in [0.717, 1.165) is 29.6 Å². The third kappa shape index (κ3) is 3.21. The normalized spacial score (nSPS) is 16.4. The van der Waals surface area contributed by atoms with Gasteiger partial charge in [-0.2, -0.15) is 0 Å². The summed E-state index contributed by atoms with van der Waals surface area (Å²) in [4.78, 5) is 11.9. The number of aryl methyl sites for hydroxylation is 1. The molecule has 1 aromatic heterocycles. The number of carbonyl (C=O) groups excluding carboxylic acids is 1. The molecule has 0 saturated heterocycles. The molecule has 20 heavy (non-hydrogen) atoms. The highest BCUT2D eigenvalue weighted by molar-refractivity contribution is 5.79. The first-order valence-electron chi connectivity index (χ1n) is 7.58. The molecular formula is C17H21NO2. The number of furan rings is 1. The molecule has 0 aliphatic heterocycles. The van der Waals surface area contributed by atoms with Crippen molar-refractivity contribution in [2.24, 2.45) is 0 Å². The molecule has 0 atom stereocenters. The molecule has 3 rings (SSSR count). The number of rotatable bonds is 4. The third-order valence-electron chi connectivity index (χ3n) is 4.05. The van der Waals surface area contributed by atoms with E-state index >= 15 is 0 Å². The van der Waals surface area contributed by atoms with Crippen LogP contribution < -0.4 is 5.32 Å². The molecule has 0 radical (unpaired) electrons. The fraction of sp³-hybridized carbons (Fsp3) is 0.471. The van der Waals surface area contributed by atoms with Gasteiger partial charge in [-0.1, -0.05) is 37.5 Å². The van der Waals surface area contributed by atoms with Crippen LogP contribution in [0.5, 0.6) is 0 Å². The molecule has 1 N–H and O–H groups in total. The predicted molar refractivity (Wildman–Crippen MR) is 79.6 cm³/mol. The minimum atomic E-state index is 0.150. The summed E-state index contributed by atoms with van der Waals surface area (Å²) in [5.74, 6) is 1.04. The van der Waals surface area contributed by atoms with Crippen molar-refractivity contribution in [1.82, 2.24) is 5.32 Å². The molecule has 1 fully saturated rings. The van der Waals surface area contributed by atoms with Crippen molar-refractivity contribution >= 4 is 16.9 Å². The van der Waals surface area contributed by atoms with Crippen molar-refractivity contribution < 1.29 is 9.21 Å². The van der Waals surface area contributed by atoms with Crippen LogP contribution in [0.2, 0.25) is 0 Å². The molecule has 1 amide bonds. The number of carbonyl (C=O) groups is 1. The third-order valence-corrected chi connectivity index (χ3v) is 4.05. The number of fused-ring (bicyclic) bond motifs is 1. The zero-order valence-electron chi connectivity index (χ0n) is 11.7. The Bertz CT molecular complexity index is 548. The van der Waals surface area contributed by atoms with Gasteiger partial charge in [-0.05, 0) is 25.0 Å². The molecule has 2 aromatic rings. The maximum absolute atomic E-state index is 11.9. The van der Waals surface area contributed by atoms with E-state index in [9.17, 15) is 4.79 Å². The van der Waals surface area contributed by atoms with Crippen LogP contribution in [0.25, 0.3) is 11.0 Å². The summed E-state index contributed by atoms with van der Waals surface area (Å²) in [7, 11) is 0. The molecular weight excluding hydrogens is 250 g/mol. The second kappa shape index (κ2) is 6.12. The van der Waals surface area contributed by atoms with Crippen molar-refractivity contribution in [2.75, 3.05) is 0 Å². The van der Waals surface area contributed by atoms with E-state index < -0.39 is 0 Å². The highest BCUT2D eigenvalue weighted by Crippen LogP contribution is 2.20. The van der Waals surface area contributed by atoms with Gasteiger partial charge in [-0.3, -0.25) is 4.79 Å². The molecule has 106 valence electrons. The Morgan fingerprint density at radius 3 is 2.80 bits per heavy atom. The van der Waals surface area contributed by atoms with E-state index in [1.165, 1.54) is 19.3 Å². The highest BCUT2D eigenvalue weighted by atomic mass is 16.3. The van der Waals surface area contributed by atoms with E-state index in [0.29, 0.717) is 18.9 Å². The van der Waals surface area contributed by atoms with Crippen LogP contribution in [0.3, 0.4) is 0 Å². The van der Waals surface area contributed by atoms with Gasteiger partial charge < -0.3 is 9.73 Å². The van der Waals surface area contributed by atoms with E-state index in [-0.39, 0.29) is 5.91 Å². The van der Waals surface area contributed by atoms with Gasteiger partial charge >= 0.3 is 0 Å². The Hall–Kier alpha value is -1.77. The molecule has 1 aliphatic carbocycles. The van der Waals surface area contributed by atoms with Gasteiger partial charge in [0.05, 0.1) is 0 Å². The van der Waals surface area contributed by atoms with E-state index in [1.807, 2.05) is 30.3 Å². The zero-order valence-corrected chi connectivity index (χ0v) is 11.7. The van der Waals surface area contributed by atoms with Crippen LogP contribution in [0.4, 0.5) is 0 Å². The molecule has 1 aromatic carbocycles. The highest BCUT2D eigenvalue weighted by Gasteiger charge is 2.15. The van der Waals surface area contributed by atoms with Crippen LogP contribution in [-0.4, -0.2) is 11.9 Å². The van der Waals surface area contributed by atoms with Crippen molar-refractivity contribution in [3.05, 3.63) is 36.1 Å². The molecule has 0 spiro atoms. The summed E-state index contributed by atoms with van der Waals surface area (Å²) in [6.07, 6.45) is 7.25. The maximum Gasteiger partial charge on any atom is 0.220 e. The first-order valence-corrected chi connectivity index (χ1v) is 7.58. The standard InChI is InChI=1S/C17H21NO2/c19-17(18-14-7-2-1-3-8-14)11-10-15-12-13-6-4-5-9-16(13)20-15/h4-6,9,12,14H,1-3,7-8,10-11H2,(H,18,19). The van der Waals surface area contributed by atoms with Gasteiger partial charge in [0.1, 0.15) is 11.3 Å². The van der Waals surface area contributed by atoms with Gasteiger partial charge in [0.25, 0.3) is 0 Å². The molecule has 3 nitrogen and oxygen atoms in total. The number of nitrogens with one attached hydrogen (secondary N) is 1. The smallest absolute Gasteiger partial charge is 0.220 e. The number of benzene rings is 1. The second-order valence-corrected chi connectivity index (χ2v) is 5.65. The largest absolute Gasteiger partial charge is 0.461 e. The first kappa shape index (κ1) is 13.2. The average molecular weight is 271 g/mol. The van der Waals surface area contributed by atoms with Crippen molar-refractivity contribution in [3.8, 4) is 0 Å². The Morgan fingerprint density at radius 1 is 1.20 bits per heavy atom. The Kier molecular flexibility index (Phi) is 4.05. The monoisotopic (exact) mass is 271 g/mol. The first-order chi connectivity index (χ1) is 9.81. The summed E-state index contributed by atoms with van der Waals surface area (Å²) < 4.78 is 5.73. The van der Waals surface area contributed by atoms with Crippen molar-refractivity contribution in [2.45, 2.75) is 51.0 Å². The molecule has 1 heterocycles. The van der Waals surface area contributed by atoms with Crippen molar-refractivity contribution in [1.29, 1.82) is 0 Å². The summed E-state index contributed by atoms with van der Waals surface area (Å²) >= 11 is 0. The fourth-order valence-electron chi connectivity index (χ4n) is 2.94. The lowest BCUT2D eigenvalue weighted by Gasteiger charge is -2.22. The van der Waals surface area contributed by atoms with Gasteiger partial charge in [-0.15, -0.1) is 0 Å². The predicted octanol–water partition coefficient (Wildman–Crippen LogP) is 3.81. The van der Waals surface area contributed by atoms with E-state index in [4.69, 9.17) is 4.42 Å². The summed E-state index contributed by atoms with van der Waals surface area (Å²) in [5.41, 5.74) is 0.898. The van der Waals surface area contributed by atoms with Gasteiger partial charge in [-0.25, -0.2) is 0 Å². The number of hydrogen-bond acceptors (Lipinski definition) is 2. The lowest BCUT2D eigenvalue weighted by Crippen LogP contribution is -2.36. The van der Waals surface area contributed by atoms with Crippen LogP contribution in [0, 0.1) is 0 Å². The minimum absolute atomic E-state index is 0.150. The zero-order chi connectivity index (χ0) is 13.8. The topological polar surface area (TPSA) is 42.2 Å². The van der Waals surface area contributed by atoms with Crippen LogP contribution in [0.15, 0.2) is 34.7 Å². The number of para-hydroxylation sites is 1. The van der Waals surface area contributed by atoms with Crippen LogP contribution in [0.1, 0.15) is 44.3 Å². The summed E-state index contributed by atoms with van der Waals surface area (Å²) in [5, 5.41) is 4.25. The molecule has 0 unspecified atom stereocenters. The van der Waals surface area contributed by atoms with Crippen molar-refractivity contribution in [3.63, 3.8) is 0 Å². The van der Waals surface area contributed by atoms with E-state index in [2.05, 4.69) is 5.32 Å². The lowest BCUT2D eigenvalue weighted by molar-refractivity contribution is -0.122. The van der Waals surface area contributed by atoms with Crippen LogP contribution in [-0.2, 0) is 11.2 Å². The van der Waals surface area contributed by atoms with Gasteiger partial charge in [0, 0.05) is 24.3 Å². The minimum Gasteiger partial charge on any atom is -0.461 e.